The Morgan fingerprint density at radius 3 is 2.73 bits per heavy atom. The number of carbonyl (C=O) groups is 1. The molecule has 7 nitrogen and oxygen atoms in total. The van der Waals surface area contributed by atoms with Gasteiger partial charge in [0.25, 0.3) is 0 Å². The summed E-state index contributed by atoms with van der Waals surface area (Å²) in [7, 11) is 3.17. The lowest BCUT2D eigenvalue weighted by atomic mass is 10.2. The third kappa shape index (κ3) is 4.78. The fourth-order valence-electron chi connectivity index (χ4n) is 2.32. The predicted molar refractivity (Wildman–Crippen MR) is 102 cm³/mol. The number of nitrogens with zero attached hydrogens (tertiary/aromatic N) is 3. The van der Waals surface area contributed by atoms with Crippen molar-refractivity contribution in [3.05, 3.63) is 42.2 Å². The number of thioether (sulfide) groups is 1. The SMILES string of the molecule is C=CCn1c(C)nnc1S[C@H](C)C(=O)NCc1ccc(OC)c(OC)c1. The van der Waals surface area contributed by atoms with Gasteiger partial charge in [0.2, 0.25) is 5.91 Å². The van der Waals surface area contributed by atoms with Crippen molar-refractivity contribution >= 4 is 17.7 Å². The van der Waals surface area contributed by atoms with Crippen molar-refractivity contribution in [3.63, 3.8) is 0 Å². The molecule has 1 atom stereocenters. The standard InChI is InChI=1S/C18H24N4O3S/c1-6-9-22-13(3)20-21-18(22)26-12(2)17(23)19-11-14-7-8-15(24-4)16(10-14)25-5/h6-8,10,12H,1,9,11H2,2-5H3,(H,19,23)/t12-/m1/s1. The fraction of sp³-hybridized carbons (Fsp3) is 0.389. The second kappa shape index (κ2) is 9.28. The molecule has 140 valence electrons. The van der Waals surface area contributed by atoms with Crippen LogP contribution in [0.2, 0.25) is 0 Å². The summed E-state index contributed by atoms with van der Waals surface area (Å²) in [5.74, 6) is 2.01. The van der Waals surface area contributed by atoms with E-state index in [4.69, 9.17) is 9.47 Å². The number of hydrogen-bond acceptors (Lipinski definition) is 6. The highest BCUT2D eigenvalue weighted by Gasteiger charge is 2.18. The van der Waals surface area contributed by atoms with E-state index in [9.17, 15) is 4.79 Å². The van der Waals surface area contributed by atoms with Crippen LogP contribution in [0.15, 0.2) is 36.0 Å². The Bertz CT molecular complexity index is 776. The van der Waals surface area contributed by atoms with E-state index in [1.54, 1.807) is 20.3 Å². The number of benzene rings is 1. The van der Waals surface area contributed by atoms with E-state index >= 15 is 0 Å². The summed E-state index contributed by atoms with van der Waals surface area (Å²) in [5.41, 5.74) is 0.930. The van der Waals surface area contributed by atoms with E-state index in [0.717, 1.165) is 11.4 Å². The molecule has 1 amide bonds. The number of ether oxygens (including phenoxy) is 2. The molecular formula is C18H24N4O3S. The number of aromatic nitrogens is 3. The fourth-order valence-corrected chi connectivity index (χ4v) is 3.25. The molecule has 0 fully saturated rings. The quantitative estimate of drug-likeness (QED) is 0.535. The van der Waals surface area contributed by atoms with Gasteiger partial charge in [0.15, 0.2) is 16.7 Å². The predicted octanol–water partition coefficient (Wildman–Crippen LogP) is 2.59. The van der Waals surface area contributed by atoms with E-state index in [-0.39, 0.29) is 11.2 Å². The Kier molecular flexibility index (Phi) is 7.08. The summed E-state index contributed by atoms with van der Waals surface area (Å²) in [6, 6.07) is 5.56. The minimum atomic E-state index is -0.303. The maximum atomic E-state index is 12.4. The Morgan fingerprint density at radius 2 is 2.08 bits per heavy atom. The van der Waals surface area contributed by atoms with Crippen LogP contribution in [0.25, 0.3) is 0 Å². The number of aryl methyl sites for hydroxylation is 1. The molecule has 1 heterocycles. The second-order valence-corrected chi connectivity index (χ2v) is 6.90. The second-order valence-electron chi connectivity index (χ2n) is 5.60. The van der Waals surface area contributed by atoms with Crippen LogP contribution in [-0.2, 0) is 17.9 Å². The van der Waals surface area contributed by atoms with Crippen LogP contribution >= 0.6 is 11.8 Å². The van der Waals surface area contributed by atoms with Gasteiger partial charge in [0, 0.05) is 13.1 Å². The van der Waals surface area contributed by atoms with Gasteiger partial charge in [-0.1, -0.05) is 23.9 Å². The molecule has 0 saturated heterocycles. The molecule has 1 aromatic carbocycles. The first-order chi connectivity index (χ1) is 12.5. The zero-order valence-corrected chi connectivity index (χ0v) is 16.3. The lowest BCUT2D eigenvalue weighted by Crippen LogP contribution is -2.30. The van der Waals surface area contributed by atoms with Crippen LogP contribution in [0, 0.1) is 6.92 Å². The van der Waals surface area contributed by atoms with Gasteiger partial charge in [-0.3, -0.25) is 4.79 Å². The topological polar surface area (TPSA) is 78.3 Å². The van der Waals surface area contributed by atoms with Crippen molar-refractivity contribution < 1.29 is 14.3 Å². The maximum absolute atomic E-state index is 12.4. The average Bonchev–Trinajstić information content (AvgIpc) is 2.99. The summed E-state index contributed by atoms with van der Waals surface area (Å²) in [6.07, 6.45) is 1.78. The Labute approximate surface area is 157 Å². The molecule has 2 rings (SSSR count). The molecule has 8 heteroatoms. The van der Waals surface area contributed by atoms with Crippen LogP contribution in [0.5, 0.6) is 11.5 Å². The zero-order valence-electron chi connectivity index (χ0n) is 15.5. The number of rotatable bonds is 9. The van der Waals surface area contributed by atoms with Crippen LogP contribution < -0.4 is 14.8 Å². The number of hydrogen-bond donors (Lipinski definition) is 1. The Balaban J connectivity index is 1.96. The molecule has 2 aromatic rings. The lowest BCUT2D eigenvalue weighted by molar-refractivity contribution is -0.120. The first kappa shape index (κ1) is 19.8. The largest absolute Gasteiger partial charge is 0.493 e. The van der Waals surface area contributed by atoms with Gasteiger partial charge < -0.3 is 19.4 Å². The zero-order chi connectivity index (χ0) is 19.1. The van der Waals surface area contributed by atoms with Crippen LogP contribution in [-0.4, -0.2) is 40.1 Å². The first-order valence-corrected chi connectivity index (χ1v) is 9.04. The third-order valence-electron chi connectivity index (χ3n) is 3.78. The molecule has 1 aromatic heterocycles. The summed E-state index contributed by atoms with van der Waals surface area (Å²) < 4.78 is 12.4. The molecule has 0 saturated carbocycles. The van der Waals surface area contributed by atoms with Crippen LogP contribution in [0.1, 0.15) is 18.3 Å². The minimum Gasteiger partial charge on any atom is -0.493 e. The molecule has 0 aliphatic heterocycles. The van der Waals surface area contributed by atoms with Gasteiger partial charge in [0.05, 0.1) is 19.5 Å². The van der Waals surface area contributed by atoms with Gasteiger partial charge in [-0.2, -0.15) is 0 Å². The van der Waals surface area contributed by atoms with Crippen molar-refractivity contribution in [2.75, 3.05) is 14.2 Å². The van der Waals surface area contributed by atoms with Crippen molar-refractivity contribution in [3.8, 4) is 11.5 Å². The Hall–Kier alpha value is -2.48. The summed E-state index contributed by atoms with van der Waals surface area (Å²) in [5, 5.41) is 11.5. The normalized spacial score (nSPS) is 11.7. The van der Waals surface area contributed by atoms with Gasteiger partial charge in [-0.05, 0) is 31.5 Å². The van der Waals surface area contributed by atoms with Crippen LogP contribution in [0.4, 0.5) is 0 Å². The van der Waals surface area contributed by atoms with Crippen LogP contribution in [0.3, 0.4) is 0 Å². The molecule has 0 aliphatic rings. The van der Waals surface area contributed by atoms with E-state index in [1.165, 1.54) is 11.8 Å². The van der Waals surface area contributed by atoms with Crippen molar-refractivity contribution in [2.24, 2.45) is 0 Å². The molecule has 0 spiro atoms. The summed E-state index contributed by atoms with van der Waals surface area (Å²) in [6.45, 7) is 8.48. The monoisotopic (exact) mass is 376 g/mol. The molecule has 0 bridgehead atoms. The smallest absolute Gasteiger partial charge is 0.233 e. The highest BCUT2D eigenvalue weighted by molar-refractivity contribution is 8.00. The minimum absolute atomic E-state index is 0.0735. The molecular weight excluding hydrogens is 352 g/mol. The Morgan fingerprint density at radius 1 is 1.35 bits per heavy atom. The van der Waals surface area contributed by atoms with Crippen molar-refractivity contribution in [1.29, 1.82) is 0 Å². The van der Waals surface area contributed by atoms with Crippen molar-refractivity contribution in [1.82, 2.24) is 20.1 Å². The number of allylic oxidation sites excluding steroid dienone is 1. The molecule has 26 heavy (non-hydrogen) atoms. The average molecular weight is 376 g/mol. The number of carbonyl (C=O) groups excluding carboxylic acids is 1. The number of amides is 1. The van der Waals surface area contributed by atoms with Gasteiger partial charge in [-0.25, -0.2) is 0 Å². The maximum Gasteiger partial charge on any atom is 0.233 e. The first-order valence-electron chi connectivity index (χ1n) is 8.16. The van der Waals surface area contributed by atoms with Gasteiger partial charge in [0.1, 0.15) is 5.82 Å². The van der Waals surface area contributed by atoms with Crippen molar-refractivity contribution in [2.45, 2.75) is 37.3 Å². The van der Waals surface area contributed by atoms with E-state index in [1.807, 2.05) is 36.6 Å². The van der Waals surface area contributed by atoms with E-state index in [2.05, 4.69) is 22.1 Å². The number of methoxy groups -OCH3 is 2. The van der Waals surface area contributed by atoms with Gasteiger partial charge in [-0.15, -0.1) is 16.8 Å². The molecule has 0 radical (unpaired) electrons. The number of nitrogens with one attached hydrogen (secondary N) is 1. The van der Waals surface area contributed by atoms with Gasteiger partial charge >= 0.3 is 0 Å². The highest BCUT2D eigenvalue weighted by atomic mass is 32.2. The molecule has 0 unspecified atom stereocenters. The summed E-state index contributed by atoms with van der Waals surface area (Å²) >= 11 is 1.37. The highest BCUT2D eigenvalue weighted by Crippen LogP contribution is 2.27. The van der Waals surface area contributed by atoms with E-state index in [0.29, 0.717) is 29.7 Å². The molecule has 1 N–H and O–H groups in total. The molecule has 0 aliphatic carbocycles. The van der Waals surface area contributed by atoms with E-state index < -0.39 is 0 Å². The summed E-state index contributed by atoms with van der Waals surface area (Å²) in [4.78, 5) is 12.4. The lowest BCUT2D eigenvalue weighted by Gasteiger charge is -2.13. The third-order valence-corrected chi connectivity index (χ3v) is 4.86.